The maximum Gasteiger partial charge on any atom is 0.326 e. The highest BCUT2D eigenvalue weighted by molar-refractivity contribution is 5.90. The maximum atomic E-state index is 12.3. The molecule has 2 atom stereocenters. The highest BCUT2D eigenvalue weighted by Crippen LogP contribution is 2.19. The number of nitrogens with zero attached hydrogens (tertiary/aromatic N) is 1. The molecule has 0 bridgehead atoms. The van der Waals surface area contributed by atoms with E-state index in [4.69, 9.17) is 0 Å². The molecule has 20 heavy (non-hydrogen) atoms. The first kappa shape index (κ1) is 14.5. The van der Waals surface area contributed by atoms with Gasteiger partial charge in [0.2, 0.25) is 5.91 Å². The Morgan fingerprint density at radius 3 is 2.90 bits per heavy atom. The van der Waals surface area contributed by atoms with Crippen LogP contribution in [0.1, 0.15) is 31.9 Å². The zero-order valence-electron chi connectivity index (χ0n) is 11.5. The molecule has 2 heterocycles. The number of amides is 1. The summed E-state index contributed by atoms with van der Waals surface area (Å²) in [4.78, 5) is 30.3. The molecular weight excluding hydrogens is 260 g/mol. The van der Waals surface area contributed by atoms with Crippen LogP contribution in [0.2, 0.25) is 0 Å². The minimum absolute atomic E-state index is 0.192. The first-order valence-corrected chi connectivity index (χ1v) is 6.77. The van der Waals surface area contributed by atoms with Gasteiger partial charge < -0.3 is 20.7 Å². The number of piperidine rings is 1. The van der Waals surface area contributed by atoms with E-state index in [1.54, 1.807) is 6.20 Å². The fourth-order valence-electron chi connectivity index (χ4n) is 2.38. The van der Waals surface area contributed by atoms with Crippen molar-refractivity contribution in [2.45, 2.75) is 44.2 Å². The lowest BCUT2D eigenvalue weighted by molar-refractivity contribution is -0.143. The lowest BCUT2D eigenvalue weighted by atomic mass is 9.89. The van der Waals surface area contributed by atoms with Crippen molar-refractivity contribution in [1.82, 2.24) is 20.6 Å². The van der Waals surface area contributed by atoms with E-state index in [0.717, 1.165) is 25.8 Å². The van der Waals surface area contributed by atoms with Crippen LogP contribution in [0, 0.1) is 0 Å². The molecule has 1 saturated heterocycles. The number of aromatic amines is 1. The fraction of sp³-hybridized carbons (Fsp3) is 0.615. The number of carbonyl (C=O) groups excluding carboxylic acids is 1. The van der Waals surface area contributed by atoms with Crippen LogP contribution >= 0.6 is 0 Å². The minimum Gasteiger partial charge on any atom is -0.480 e. The molecule has 1 amide bonds. The molecule has 4 N–H and O–H groups in total. The number of carbonyl (C=O) groups is 2. The third-order valence-electron chi connectivity index (χ3n) is 3.70. The van der Waals surface area contributed by atoms with Gasteiger partial charge in [0.15, 0.2) is 0 Å². The zero-order chi connectivity index (χ0) is 14.6. The molecule has 7 nitrogen and oxygen atoms in total. The molecule has 2 unspecified atom stereocenters. The van der Waals surface area contributed by atoms with Crippen molar-refractivity contribution >= 4 is 11.9 Å². The van der Waals surface area contributed by atoms with E-state index in [-0.39, 0.29) is 12.3 Å². The third-order valence-corrected chi connectivity index (χ3v) is 3.70. The number of aromatic nitrogens is 2. The molecule has 0 saturated carbocycles. The number of carboxylic acids is 1. The van der Waals surface area contributed by atoms with E-state index in [0.29, 0.717) is 5.69 Å². The van der Waals surface area contributed by atoms with Gasteiger partial charge in [-0.1, -0.05) is 0 Å². The molecular formula is C13H20N4O3. The van der Waals surface area contributed by atoms with E-state index in [2.05, 4.69) is 20.6 Å². The maximum absolute atomic E-state index is 12.3. The molecule has 1 aliphatic rings. The van der Waals surface area contributed by atoms with Crippen molar-refractivity contribution in [3.05, 3.63) is 18.2 Å². The van der Waals surface area contributed by atoms with Gasteiger partial charge in [-0.05, 0) is 32.7 Å². The average Bonchev–Trinajstić information content (AvgIpc) is 2.91. The number of H-pyrrole nitrogens is 1. The molecule has 1 aromatic rings. The van der Waals surface area contributed by atoms with Gasteiger partial charge in [-0.15, -0.1) is 0 Å². The van der Waals surface area contributed by atoms with E-state index in [1.165, 1.54) is 6.33 Å². The molecule has 2 rings (SSSR count). The zero-order valence-corrected chi connectivity index (χ0v) is 11.5. The Morgan fingerprint density at radius 2 is 2.35 bits per heavy atom. The molecule has 0 aliphatic carbocycles. The molecule has 1 aromatic heterocycles. The Hall–Kier alpha value is -1.89. The van der Waals surface area contributed by atoms with Gasteiger partial charge in [0.25, 0.3) is 0 Å². The Balaban J connectivity index is 2.00. The summed E-state index contributed by atoms with van der Waals surface area (Å²) >= 11 is 0. The quantitative estimate of drug-likeness (QED) is 0.610. The first-order chi connectivity index (χ1) is 9.51. The van der Waals surface area contributed by atoms with E-state index < -0.39 is 17.6 Å². The lowest BCUT2D eigenvalue weighted by Gasteiger charge is -2.34. The van der Waals surface area contributed by atoms with Crippen LogP contribution in [0.3, 0.4) is 0 Å². The normalized spacial score (nSPS) is 24.1. The molecule has 7 heteroatoms. The molecule has 0 radical (unpaired) electrons. The summed E-state index contributed by atoms with van der Waals surface area (Å²) in [6, 6.07) is -0.955. The summed E-state index contributed by atoms with van der Waals surface area (Å²) in [5, 5.41) is 15.0. The summed E-state index contributed by atoms with van der Waals surface area (Å²) < 4.78 is 0. The van der Waals surface area contributed by atoms with Crippen LogP contribution < -0.4 is 10.6 Å². The van der Waals surface area contributed by atoms with Gasteiger partial charge in [0.05, 0.1) is 11.9 Å². The number of nitrogens with one attached hydrogen (secondary N) is 3. The van der Waals surface area contributed by atoms with Gasteiger partial charge in [-0.3, -0.25) is 4.79 Å². The average molecular weight is 280 g/mol. The summed E-state index contributed by atoms with van der Waals surface area (Å²) in [7, 11) is 0. The van der Waals surface area contributed by atoms with Gasteiger partial charge in [-0.25, -0.2) is 9.78 Å². The summed E-state index contributed by atoms with van der Waals surface area (Å²) in [6.07, 6.45) is 5.96. The smallest absolute Gasteiger partial charge is 0.326 e. The standard InChI is InChI=1S/C13H20N4O3/c1-13(4-2-3-5-16-13)12(20)17-10(11(18)19)6-9-7-14-8-15-9/h7-8,10,16H,2-6H2,1H3,(H,14,15)(H,17,20)(H,18,19). The van der Waals surface area contributed by atoms with Crippen molar-refractivity contribution in [3.63, 3.8) is 0 Å². The number of carboxylic acid groups (broad SMARTS) is 1. The monoisotopic (exact) mass is 280 g/mol. The number of aliphatic carboxylic acids is 1. The molecule has 0 spiro atoms. The Labute approximate surface area is 117 Å². The minimum atomic E-state index is -1.05. The second kappa shape index (κ2) is 6.04. The van der Waals surface area contributed by atoms with Crippen LogP contribution in [0.25, 0.3) is 0 Å². The van der Waals surface area contributed by atoms with Crippen molar-refractivity contribution < 1.29 is 14.7 Å². The Kier molecular flexibility index (Phi) is 4.39. The molecule has 110 valence electrons. The number of rotatable bonds is 5. The summed E-state index contributed by atoms with van der Waals surface area (Å²) in [5.41, 5.74) is -0.000567. The van der Waals surface area contributed by atoms with Crippen molar-refractivity contribution in [2.24, 2.45) is 0 Å². The first-order valence-electron chi connectivity index (χ1n) is 6.77. The van der Waals surface area contributed by atoms with Crippen LogP contribution in [0.4, 0.5) is 0 Å². The van der Waals surface area contributed by atoms with Crippen LogP contribution in [-0.4, -0.2) is 45.1 Å². The third kappa shape index (κ3) is 3.36. The van der Waals surface area contributed by atoms with Crippen LogP contribution in [0.15, 0.2) is 12.5 Å². The van der Waals surface area contributed by atoms with Crippen LogP contribution in [0.5, 0.6) is 0 Å². The molecule has 1 fully saturated rings. The lowest BCUT2D eigenvalue weighted by Crippen LogP contribution is -2.59. The predicted octanol–water partition coefficient (Wildman–Crippen LogP) is 0.0538. The highest BCUT2D eigenvalue weighted by Gasteiger charge is 2.36. The topological polar surface area (TPSA) is 107 Å². The van der Waals surface area contributed by atoms with E-state index >= 15 is 0 Å². The van der Waals surface area contributed by atoms with Crippen LogP contribution in [-0.2, 0) is 16.0 Å². The highest BCUT2D eigenvalue weighted by atomic mass is 16.4. The fourth-order valence-corrected chi connectivity index (χ4v) is 2.38. The second-order valence-corrected chi connectivity index (χ2v) is 5.36. The predicted molar refractivity (Wildman–Crippen MR) is 72.1 cm³/mol. The number of imidazole rings is 1. The second-order valence-electron chi connectivity index (χ2n) is 5.36. The largest absolute Gasteiger partial charge is 0.480 e. The van der Waals surface area contributed by atoms with Gasteiger partial charge in [-0.2, -0.15) is 0 Å². The Morgan fingerprint density at radius 1 is 1.55 bits per heavy atom. The van der Waals surface area contributed by atoms with Crippen molar-refractivity contribution in [1.29, 1.82) is 0 Å². The van der Waals surface area contributed by atoms with Gasteiger partial charge >= 0.3 is 5.97 Å². The number of hydrogen-bond donors (Lipinski definition) is 4. The molecule has 0 aromatic carbocycles. The van der Waals surface area contributed by atoms with E-state index in [9.17, 15) is 14.7 Å². The van der Waals surface area contributed by atoms with E-state index in [1.807, 2.05) is 6.92 Å². The number of hydrogen-bond acceptors (Lipinski definition) is 4. The van der Waals surface area contributed by atoms with Gasteiger partial charge in [0, 0.05) is 18.3 Å². The van der Waals surface area contributed by atoms with Crippen molar-refractivity contribution in [2.75, 3.05) is 6.54 Å². The van der Waals surface area contributed by atoms with Gasteiger partial charge in [0.1, 0.15) is 6.04 Å². The SMILES string of the molecule is CC1(C(=O)NC(Cc2cnc[nH]2)C(=O)O)CCCCN1. The summed E-state index contributed by atoms with van der Waals surface area (Å²) in [6.45, 7) is 2.60. The molecule has 1 aliphatic heterocycles. The van der Waals surface area contributed by atoms with Crippen molar-refractivity contribution in [3.8, 4) is 0 Å². The summed E-state index contributed by atoms with van der Waals surface area (Å²) in [5.74, 6) is -1.31. The Bertz CT molecular complexity index is 466.